The molecule has 1 heterocycles. The zero-order valence-corrected chi connectivity index (χ0v) is 13.3. The van der Waals surface area contributed by atoms with Crippen LogP contribution < -0.4 is 10.1 Å². The van der Waals surface area contributed by atoms with Crippen molar-refractivity contribution in [1.82, 2.24) is 9.78 Å². The van der Waals surface area contributed by atoms with Crippen LogP contribution in [0.15, 0.2) is 30.5 Å². The first-order valence-electron chi connectivity index (χ1n) is 7.19. The van der Waals surface area contributed by atoms with Crippen molar-refractivity contribution in [1.29, 1.82) is 0 Å². The average molecular weight is 317 g/mol. The molecule has 0 saturated heterocycles. The van der Waals surface area contributed by atoms with E-state index < -0.39 is 5.97 Å². The van der Waals surface area contributed by atoms with Gasteiger partial charge in [0.15, 0.2) is 6.61 Å². The number of carbonyl (C=O) groups excluding carboxylic acids is 2. The Bertz CT molecular complexity index is 692. The van der Waals surface area contributed by atoms with Crippen molar-refractivity contribution in [2.45, 2.75) is 13.8 Å². The van der Waals surface area contributed by atoms with E-state index in [4.69, 9.17) is 9.47 Å². The molecule has 0 fully saturated rings. The topological polar surface area (TPSA) is 82.5 Å². The van der Waals surface area contributed by atoms with Gasteiger partial charge in [-0.05, 0) is 26.0 Å². The summed E-state index contributed by atoms with van der Waals surface area (Å²) in [4.78, 5) is 23.8. The predicted molar refractivity (Wildman–Crippen MR) is 84.5 cm³/mol. The van der Waals surface area contributed by atoms with Crippen molar-refractivity contribution in [3.63, 3.8) is 0 Å². The molecule has 1 aromatic heterocycles. The van der Waals surface area contributed by atoms with E-state index in [2.05, 4.69) is 10.4 Å². The highest BCUT2D eigenvalue weighted by Gasteiger charge is 2.19. The fraction of sp³-hybridized carbons (Fsp3) is 0.312. The van der Waals surface area contributed by atoms with E-state index in [1.165, 1.54) is 10.9 Å². The van der Waals surface area contributed by atoms with Gasteiger partial charge >= 0.3 is 5.97 Å². The standard InChI is InChI=1S/C16H19N3O4/c1-4-22-16(21)13-9-17-19(3)15(13)18-14(20)10-23-12-7-5-11(2)6-8-12/h5-9H,4,10H2,1-3H3,(H,18,20). The Labute approximate surface area is 134 Å². The maximum Gasteiger partial charge on any atom is 0.343 e. The molecule has 0 aliphatic heterocycles. The Morgan fingerprint density at radius 3 is 2.61 bits per heavy atom. The van der Waals surface area contributed by atoms with Gasteiger partial charge in [-0.3, -0.25) is 9.48 Å². The number of aromatic nitrogens is 2. The Morgan fingerprint density at radius 1 is 1.26 bits per heavy atom. The summed E-state index contributed by atoms with van der Waals surface area (Å²) in [6, 6.07) is 7.37. The van der Waals surface area contributed by atoms with Crippen LogP contribution in [0.4, 0.5) is 5.82 Å². The molecule has 1 N–H and O–H groups in total. The molecule has 0 bridgehead atoms. The largest absolute Gasteiger partial charge is 0.484 e. The Morgan fingerprint density at radius 2 is 1.96 bits per heavy atom. The van der Waals surface area contributed by atoms with Crippen molar-refractivity contribution >= 4 is 17.7 Å². The smallest absolute Gasteiger partial charge is 0.343 e. The van der Waals surface area contributed by atoms with E-state index in [0.717, 1.165) is 5.56 Å². The van der Waals surface area contributed by atoms with Crippen LogP contribution in [0.5, 0.6) is 5.75 Å². The Kier molecular flexibility index (Phi) is 5.35. The second kappa shape index (κ2) is 7.44. The third-order valence-electron chi connectivity index (χ3n) is 3.08. The minimum atomic E-state index is -0.532. The molecule has 0 unspecified atom stereocenters. The van der Waals surface area contributed by atoms with Crippen molar-refractivity contribution < 1.29 is 19.1 Å². The number of nitrogens with one attached hydrogen (secondary N) is 1. The van der Waals surface area contributed by atoms with Crippen molar-refractivity contribution in [2.24, 2.45) is 7.05 Å². The molecule has 0 aliphatic carbocycles. The molecule has 7 nitrogen and oxygen atoms in total. The summed E-state index contributed by atoms with van der Waals surface area (Å²) in [5, 5.41) is 6.58. The van der Waals surface area contributed by atoms with Crippen LogP contribution in [0, 0.1) is 6.92 Å². The molecule has 0 aliphatic rings. The molecule has 23 heavy (non-hydrogen) atoms. The predicted octanol–water partition coefficient (Wildman–Crippen LogP) is 1.92. The average Bonchev–Trinajstić information content (AvgIpc) is 2.88. The molecule has 1 aromatic carbocycles. The summed E-state index contributed by atoms with van der Waals surface area (Å²) < 4.78 is 11.7. The van der Waals surface area contributed by atoms with Gasteiger partial charge in [0.05, 0.1) is 12.8 Å². The van der Waals surface area contributed by atoms with Gasteiger partial charge < -0.3 is 14.8 Å². The molecule has 0 saturated carbocycles. The Hall–Kier alpha value is -2.83. The molecule has 122 valence electrons. The number of esters is 1. The van der Waals surface area contributed by atoms with Gasteiger partial charge in [0.25, 0.3) is 5.91 Å². The summed E-state index contributed by atoms with van der Waals surface area (Å²) in [6.45, 7) is 3.76. The van der Waals surface area contributed by atoms with E-state index in [1.54, 1.807) is 26.1 Å². The number of nitrogens with zero attached hydrogens (tertiary/aromatic N) is 2. The lowest BCUT2D eigenvalue weighted by atomic mass is 10.2. The number of hydrogen-bond acceptors (Lipinski definition) is 5. The lowest BCUT2D eigenvalue weighted by Gasteiger charge is -2.09. The molecular formula is C16H19N3O4. The fourth-order valence-corrected chi connectivity index (χ4v) is 1.90. The van der Waals surface area contributed by atoms with Crippen LogP contribution >= 0.6 is 0 Å². The molecule has 2 rings (SSSR count). The van der Waals surface area contributed by atoms with Crippen LogP contribution in [0.2, 0.25) is 0 Å². The number of ether oxygens (including phenoxy) is 2. The number of aryl methyl sites for hydroxylation is 2. The molecular weight excluding hydrogens is 298 g/mol. The second-order valence-corrected chi connectivity index (χ2v) is 4.90. The molecule has 1 amide bonds. The lowest BCUT2D eigenvalue weighted by molar-refractivity contribution is -0.118. The quantitative estimate of drug-likeness (QED) is 0.823. The monoisotopic (exact) mass is 317 g/mol. The van der Waals surface area contributed by atoms with E-state index in [0.29, 0.717) is 5.75 Å². The van der Waals surface area contributed by atoms with Crippen molar-refractivity contribution in [3.05, 3.63) is 41.6 Å². The summed E-state index contributed by atoms with van der Waals surface area (Å²) >= 11 is 0. The molecule has 0 atom stereocenters. The number of benzene rings is 1. The number of carbonyl (C=O) groups is 2. The number of amides is 1. The van der Waals surface area contributed by atoms with Crippen molar-refractivity contribution in [2.75, 3.05) is 18.5 Å². The number of rotatable bonds is 6. The van der Waals surface area contributed by atoms with Gasteiger partial charge in [-0.15, -0.1) is 0 Å². The van der Waals surface area contributed by atoms with Gasteiger partial charge in [0.1, 0.15) is 17.1 Å². The first-order chi connectivity index (χ1) is 11.0. The van der Waals surface area contributed by atoms with Gasteiger partial charge in [-0.2, -0.15) is 5.10 Å². The minimum absolute atomic E-state index is 0.170. The van der Waals surface area contributed by atoms with Crippen LogP contribution in [0.25, 0.3) is 0 Å². The van der Waals surface area contributed by atoms with E-state index in [1.807, 2.05) is 19.1 Å². The summed E-state index contributed by atoms with van der Waals surface area (Å²) in [5.74, 6) is -0.0441. The van der Waals surface area contributed by atoms with Gasteiger partial charge in [-0.1, -0.05) is 17.7 Å². The van der Waals surface area contributed by atoms with Gasteiger partial charge in [0, 0.05) is 7.05 Å². The summed E-state index contributed by atoms with van der Waals surface area (Å²) in [7, 11) is 1.62. The van der Waals surface area contributed by atoms with E-state index in [-0.39, 0.29) is 30.5 Å². The SMILES string of the molecule is CCOC(=O)c1cnn(C)c1NC(=O)COc1ccc(C)cc1. The van der Waals surface area contributed by atoms with Crippen LogP contribution in [0.3, 0.4) is 0 Å². The normalized spacial score (nSPS) is 10.2. The van der Waals surface area contributed by atoms with Crippen molar-refractivity contribution in [3.8, 4) is 5.75 Å². The highest BCUT2D eigenvalue weighted by molar-refractivity contribution is 6.00. The molecule has 0 spiro atoms. The molecule has 7 heteroatoms. The second-order valence-electron chi connectivity index (χ2n) is 4.90. The highest BCUT2D eigenvalue weighted by atomic mass is 16.5. The third kappa shape index (κ3) is 4.32. The third-order valence-corrected chi connectivity index (χ3v) is 3.08. The fourth-order valence-electron chi connectivity index (χ4n) is 1.90. The molecule has 0 radical (unpaired) electrons. The lowest BCUT2D eigenvalue weighted by Crippen LogP contribution is -2.23. The maximum absolute atomic E-state index is 12.0. The first kappa shape index (κ1) is 16.5. The van der Waals surface area contributed by atoms with Gasteiger partial charge in [0.2, 0.25) is 0 Å². The van der Waals surface area contributed by atoms with Crippen LogP contribution in [-0.4, -0.2) is 34.9 Å². The maximum atomic E-state index is 12.0. The zero-order valence-electron chi connectivity index (χ0n) is 13.3. The highest BCUT2D eigenvalue weighted by Crippen LogP contribution is 2.16. The van der Waals surface area contributed by atoms with Crippen LogP contribution in [-0.2, 0) is 16.6 Å². The summed E-state index contributed by atoms with van der Waals surface area (Å²) in [5.41, 5.74) is 1.31. The zero-order chi connectivity index (χ0) is 16.8. The minimum Gasteiger partial charge on any atom is -0.484 e. The van der Waals surface area contributed by atoms with Crippen LogP contribution in [0.1, 0.15) is 22.8 Å². The summed E-state index contributed by atoms with van der Waals surface area (Å²) in [6.07, 6.45) is 1.36. The van der Waals surface area contributed by atoms with E-state index >= 15 is 0 Å². The molecule has 2 aromatic rings. The number of anilines is 1. The van der Waals surface area contributed by atoms with Gasteiger partial charge in [-0.25, -0.2) is 4.79 Å². The Balaban J connectivity index is 1.98. The number of hydrogen-bond donors (Lipinski definition) is 1. The van der Waals surface area contributed by atoms with E-state index in [9.17, 15) is 9.59 Å². The first-order valence-corrected chi connectivity index (χ1v) is 7.19.